The molecule has 0 saturated heterocycles. The van der Waals surface area contributed by atoms with Gasteiger partial charge in [-0.1, -0.05) is 57.2 Å². The number of alkyl carbamates (subject to hydrolysis) is 1. The van der Waals surface area contributed by atoms with Crippen molar-refractivity contribution in [3.8, 4) is 5.75 Å². The number of methoxy groups -OCH3 is 1. The molecular weight excluding hydrogens is 532 g/mol. The molecule has 0 heterocycles. The van der Waals surface area contributed by atoms with Crippen LogP contribution in [0, 0.1) is 0 Å². The van der Waals surface area contributed by atoms with E-state index in [0.717, 1.165) is 32.1 Å². The minimum atomic E-state index is -1.36. The van der Waals surface area contributed by atoms with E-state index < -0.39 is 54.0 Å². The Hall–Kier alpha value is -3.83. The van der Waals surface area contributed by atoms with Crippen LogP contribution < -0.4 is 16.4 Å². The Kier molecular flexibility index (Phi) is 15.3. The van der Waals surface area contributed by atoms with E-state index in [0.29, 0.717) is 6.42 Å². The average molecular weight is 579 g/mol. The largest absolute Gasteiger partial charge is 0.508 e. The minimum Gasteiger partial charge on any atom is -0.508 e. The first-order valence-electron chi connectivity index (χ1n) is 14.0. The normalized spacial score (nSPS) is 12.5. The lowest BCUT2D eigenvalue weighted by molar-refractivity contribution is -0.145. The standard InChI is InChI=1S/C29H46N4O8/c1-6-7-8-9-10-13-18-33(27(38)21(16-17-23(30)35)32-28(39)41-29(2,3)4)25(20-14-11-12-15-22(20)34)26(37)31-19-24(36)40-5/h11-12,14-15,21,25,34H,6-10,13,16-19H2,1-5H3,(H2,30,35)(H,31,37)(H,32,39). The Morgan fingerprint density at radius 2 is 1.66 bits per heavy atom. The van der Waals surface area contributed by atoms with E-state index in [4.69, 9.17) is 10.5 Å². The maximum absolute atomic E-state index is 14.1. The summed E-state index contributed by atoms with van der Waals surface area (Å²) in [6, 6.07) is 3.43. The van der Waals surface area contributed by atoms with E-state index in [9.17, 15) is 29.1 Å². The minimum absolute atomic E-state index is 0.0959. The Bertz CT molecular complexity index is 1020. The zero-order chi connectivity index (χ0) is 31.0. The van der Waals surface area contributed by atoms with Gasteiger partial charge >= 0.3 is 12.1 Å². The molecule has 2 unspecified atom stereocenters. The van der Waals surface area contributed by atoms with Crippen molar-refractivity contribution in [1.82, 2.24) is 15.5 Å². The number of primary amides is 1. The predicted octanol–water partition coefficient (Wildman–Crippen LogP) is 3.07. The lowest BCUT2D eigenvalue weighted by atomic mass is 9.99. The summed E-state index contributed by atoms with van der Waals surface area (Å²) in [6.07, 6.45) is 4.15. The van der Waals surface area contributed by atoms with Gasteiger partial charge in [0.05, 0.1) is 7.11 Å². The monoisotopic (exact) mass is 578 g/mol. The molecule has 41 heavy (non-hydrogen) atoms. The molecule has 4 amide bonds. The fourth-order valence-electron chi connectivity index (χ4n) is 4.12. The number of ether oxygens (including phenoxy) is 2. The molecule has 5 N–H and O–H groups in total. The van der Waals surface area contributed by atoms with Gasteiger partial charge in [-0.2, -0.15) is 0 Å². The van der Waals surface area contributed by atoms with Crippen LogP contribution in [0.3, 0.4) is 0 Å². The van der Waals surface area contributed by atoms with E-state index in [1.54, 1.807) is 32.9 Å². The zero-order valence-electron chi connectivity index (χ0n) is 24.9. The van der Waals surface area contributed by atoms with E-state index in [1.807, 2.05) is 0 Å². The molecule has 0 spiro atoms. The van der Waals surface area contributed by atoms with Gasteiger partial charge in [0, 0.05) is 18.5 Å². The second-order valence-electron chi connectivity index (χ2n) is 10.8. The molecule has 1 aromatic carbocycles. The highest BCUT2D eigenvalue weighted by molar-refractivity contribution is 5.93. The number of nitrogens with one attached hydrogen (secondary N) is 2. The lowest BCUT2D eigenvalue weighted by Crippen LogP contribution is -2.53. The second-order valence-corrected chi connectivity index (χ2v) is 10.8. The number of esters is 1. The third-order valence-electron chi connectivity index (χ3n) is 6.13. The van der Waals surface area contributed by atoms with Crippen molar-refractivity contribution in [2.75, 3.05) is 20.2 Å². The Labute approximate surface area is 242 Å². The number of carbonyl (C=O) groups is 5. The number of para-hydroxylation sites is 1. The number of carbonyl (C=O) groups excluding carboxylic acids is 5. The van der Waals surface area contributed by atoms with Gasteiger partial charge in [-0.05, 0) is 39.7 Å². The quantitative estimate of drug-likeness (QED) is 0.161. The van der Waals surface area contributed by atoms with Crippen molar-refractivity contribution < 1.29 is 38.6 Å². The van der Waals surface area contributed by atoms with Gasteiger partial charge in [-0.3, -0.25) is 19.2 Å². The Balaban J connectivity index is 3.49. The lowest BCUT2D eigenvalue weighted by Gasteiger charge is -2.34. The van der Waals surface area contributed by atoms with Gasteiger partial charge in [0.2, 0.25) is 17.7 Å². The third-order valence-corrected chi connectivity index (χ3v) is 6.13. The number of nitrogens with two attached hydrogens (primary N) is 1. The van der Waals surface area contributed by atoms with Crippen LogP contribution in [0.15, 0.2) is 24.3 Å². The number of aromatic hydroxyl groups is 1. The maximum Gasteiger partial charge on any atom is 0.408 e. The average Bonchev–Trinajstić information content (AvgIpc) is 2.90. The number of hydrogen-bond acceptors (Lipinski definition) is 8. The van der Waals surface area contributed by atoms with E-state index in [-0.39, 0.29) is 30.7 Å². The van der Waals surface area contributed by atoms with Crippen molar-refractivity contribution >= 4 is 29.8 Å². The van der Waals surface area contributed by atoms with Crippen LogP contribution in [-0.4, -0.2) is 71.6 Å². The molecule has 0 fully saturated rings. The molecule has 0 aliphatic rings. The van der Waals surface area contributed by atoms with Gasteiger partial charge in [-0.25, -0.2) is 4.79 Å². The number of nitrogens with zero attached hydrogens (tertiary/aromatic N) is 1. The first-order chi connectivity index (χ1) is 19.3. The molecule has 0 radical (unpaired) electrons. The molecule has 1 aromatic rings. The van der Waals surface area contributed by atoms with Crippen molar-refractivity contribution in [2.24, 2.45) is 5.73 Å². The summed E-state index contributed by atoms with van der Waals surface area (Å²) >= 11 is 0. The first kappa shape index (κ1) is 35.2. The van der Waals surface area contributed by atoms with Gasteiger partial charge < -0.3 is 35.8 Å². The van der Waals surface area contributed by atoms with Crippen molar-refractivity contribution in [3.05, 3.63) is 29.8 Å². The Morgan fingerprint density at radius 3 is 2.24 bits per heavy atom. The summed E-state index contributed by atoms with van der Waals surface area (Å²) in [5.41, 5.74) is 4.61. The highest BCUT2D eigenvalue weighted by Crippen LogP contribution is 2.30. The third kappa shape index (κ3) is 13.4. The molecule has 12 heteroatoms. The van der Waals surface area contributed by atoms with Gasteiger partial charge in [0.25, 0.3) is 0 Å². The smallest absolute Gasteiger partial charge is 0.408 e. The molecule has 0 bridgehead atoms. The summed E-state index contributed by atoms with van der Waals surface area (Å²) in [4.78, 5) is 64.9. The summed E-state index contributed by atoms with van der Waals surface area (Å²) < 4.78 is 9.94. The highest BCUT2D eigenvalue weighted by atomic mass is 16.6. The van der Waals surface area contributed by atoms with E-state index in [1.165, 1.54) is 24.1 Å². The van der Waals surface area contributed by atoms with Gasteiger partial charge in [-0.15, -0.1) is 0 Å². The number of phenolic OH excluding ortho intramolecular Hbond substituents is 1. The van der Waals surface area contributed by atoms with Gasteiger partial charge in [0.15, 0.2) is 0 Å². The first-order valence-corrected chi connectivity index (χ1v) is 14.0. The summed E-state index contributed by atoms with van der Waals surface area (Å²) in [5, 5.41) is 15.7. The topological polar surface area (TPSA) is 177 Å². The summed E-state index contributed by atoms with van der Waals surface area (Å²) in [5.74, 6) is -3.02. The fourth-order valence-corrected chi connectivity index (χ4v) is 4.12. The van der Waals surface area contributed by atoms with Crippen LogP contribution in [0.25, 0.3) is 0 Å². The van der Waals surface area contributed by atoms with Crippen LogP contribution in [0.1, 0.15) is 90.7 Å². The highest BCUT2D eigenvalue weighted by Gasteiger charge is 2.37. The number of rotatable bonds is 17. The van der Waals surface area contributed by atoms with Crippen LogP contribution >= 0.6 is 0 Å². The Morgan fingerprint density at radius 1 is 1.02 bits per heavy atom. The number of hydrogen-bond donors (Lipinski definition) is 4. The molecular formula is C29H46N4O8. The predicted molar refractivity (Wildman–Crippen MR) is 153 cm³/mol. The molecule has 1 rings (SSSR count). The van der Waals surface area contributed by atoms with E-state index in [2.05, 4.69) is 22.3 Å². The number of benzene rings is 1. The van der Waals surface area contributed by atoms with Crippen LogP contribution in [0.5, 0.6) is 5.75 Å². The second kappa shape index (κ2) is 17.8. The SMILES string of the molecule is CCCCCCCCN(C(=O)C(CCC(N)=O)NC(=O)OC(C)(C)C)C(C(=O)NCC(=O)OC)c1ccccc1O. The van der Waals surface area contributed by atoms with Gasteiger partial charge in [0.1, 0.15) is 30.0 Å². The molecule has 230 valence electrons. The zero-order valence-corrected chi connectivity index (χ0v) is 24.9. The molecule has 0 aromatic heterocycles. The summed E-state index contributed by atoms with van der Waals surface area (Å²) in [6.45, 7) is 6.74. The van der Waals surface area contributed by atoms with E-state index >= 15 is 0 Å². The van der Waals surface area contributed by atoms with Crippen molar-refractivity contribution in [2.45, 2.75) is 96.7 Å². The van der Waals surface area contributed by atoms with Crippen LogP contribution in [-0.2, 0) is 28.7 Å². The molecule has 12 nitrogen and oxygen atoms in total. The van der Waals surface area contributed by atoms with Crippen LogP contribution in [0.4, 0.5) is 4.79 Å². The number of unbranched alkanes of at least 4 members (excludes halogenated alkanes) is 5. The number of phenols is 1. The molecule has 2 atom stereocenters. The van der Waals surface area contributed by atoms with Crippen molar-refractivity contribution in [3.63, 3.8) is 0 Å². The molecule has 0 aliphatic heterocycles. The summed E-state index contributed by atoms with van der Waals surface area (Å²) in [7, 11) is 1.18. The van der Waals surface area contributed by atoms with Crippen LogP contribution in [0.2, 0.25) is 0 Å². The number of amides is 4. The fraction of sp³-hybridized carbons (Fsp3) is 0.621. The maximum atomic E-state index is 14.1. The van der Waals surface area contributed by atoms with Crippen molar-refractivity contribution in [1.29, 1.82) is 0 Å². The molecule has 0 aliphatic carbocycles. The molecule has 0 saturated carbocycles.